The lowest BCUT2D eigenvalue weighted by molar-refractivity contribution is 0.0960. The number of Topliss-reactive ketones (excluding diaryl/α,β-unsaturated/α-hetero) is 1. The lowest BCUT2D eigenvalue weighted by atomic mass is 10.0. The molecule has 0 aromatic heterocycles. The van der Waals surface area contributed by atoms with Gasteiger partial charge in [0.25, 0.3) is 0 Å². The largest absolute Gasteiger partial charge is 0.497 e. The molecule has 0 spiro atoms. The summed E-state index contributed by atoms with van der Waals surface area (Å²) in [6, 6.07) is 15.3. The minimum Gasteiger partial charge on any atom is -0.497 e. The molecule has 2 atom stereocenters. The summed E-state index contributed by atoms with van der Waals surface area (Å²) in [5.74, 6) is 0.372. The number of halogens is 2. The molecule has 0 fully saturated rings. The van der Waals surface area contributed by atoms with Gasteiger partial charge in [-0.05, 0) is 29.8 Å². The maximum absolute atomic E-state index is 14.3. The topological polar surface area (TPSA) is 26.3 Å². The van der Waals surface area contributed by atoms with Crippen LogP contribution in [0.5, 0.6) is 5.75 Å². The molecule has 4 heteroatoms. The van der Waals surface area contributed by atoms with Crippen molar-refractivity contribution in [1.29, 1.82) is 0 Å². The summed E-state index contributed by atoms with van der Waals surface area (Å²) in [4.78, 5) is 11.3. The van der Waals surface area contributed by atoms with Gasteiger partial charge >= 0.3 is 0 Å². The third-order valence-electron chi connectivity index (χ3n) is 3.00. The van der Waals surface area contributed by atoms with Gasteiger partial charge in [0.15, 0.2) is 5.78 Å². The molecular weight excluding hydrogens is 323 g/mol. The van der Waals surface area contributed by atoms with Crippen LogP contribution in [0.3, 0.4) is 0 Å². The van der Waals surface area contributed by atoms with E-state index < -0.39 is 11.0 Å². The van der Waals surface area contributed by atoms with Crippen molar-refractivity contribution in [3.05, 3.63) is 65.7 Å². The fourth-order valence-corrected chi connectivity index (χ4v) is 2.42. The molecule has 0 aliphatic carbocycles. The highest BCUT2D eigenvalue weighted by atomic mass is 79.9. The van der Waals surface area contributed by atoms with Crippen molar-refractivity contribution >= 4 is 21.7 Å². The Balaban J connectivity index is 2.15. The van der Waals surface area contributed by atoms with Crippen molar-refractivity contribution in [1.82, 2.24) is 0 Å². The second-order valence-corrected chi connectivity index (χ2v) is 5.29. The van der Waals surface area contributed by atoms with E-state index in [1.807, 2.05) is 6.07 Å². The summed E-state index contributed by atoms with van der Waals surface area (Å²) in [6.07, 6.45) is -1.38. The average Bonchev–Trinajstić information content (AvgIpc) is 2.53. The summed E-state index contributed by atoms with van der Waals surface area (Å²) in [6.45, 7) is 0. The van der Waals surface area contributed by atoms with Gasteiger partial charge in [-0.1, -0.05) is 46.3 Å². The number of ether oxygens (including phenoxy) is 1. The van der Waals surface area contributed by atoms with Crippen LogP contribution < -0.4 is 4.74 Å². The molecule has 2 aromatic carbocycles. The molecule has 0 heterocycles. The fraction of sp³-hybridized carbons (Fsp3) is 0.188. The number of benzene rings is 2. The Morgan fingerprint density at radius 1 is 1.10 bits per heavy atom. The molecule has 0 saturated heterocycles. The zero-order valence-corrected chi connectivity index (χ0v) is 12.5. The monoisotopic (exact) mass is 336 g/mol. The van der Waals surface area contributed by atoms with Gasteiger partial charge in [-0.15, -0.1) is 0 Å². The van der Waals surface area contributed by atoms with Crippen molar-refractivity contribution in [3.63, 3.8) is 0 Å². The van der Waals surface area contributed by atoms with E-state index >= 15 is 0 Å². The van der Waals surface area contributed by atoms with Crippen LogP contribution in [0, 0.1) is 0 Å². The van der Waals surface area contributed by atoms with Gasteiger partial charge in [-0.3, -0.25) is 4.79 Å². The first-order valence-corrected chi connectivity index (χ1v) is 7.06. The molecule has 2 unspecified atom stereocenters. The van der Waals surface area contributed by atoms with Crippen LogP contribution in [0.1, 0.15) is 22.1 Å². The number of carbonyl (C=O) groups is 1. The van der Waals surface area contributed by atoms with E-state index in [-0.39, 0.29) is 5.78 Å². The van der Waals surface area contributed by atoms with Crippen LogP contribution in [0.25, 0.3) is 0 Å². The molecule has 0 aliphatic heterocycles. The zero-order valence-electron chi connectivity index (χ0n) is 10.9. The SMILES string of the molecule is COc1ccc(C(=O)C(Br)C(F)c2ccccc2)cc1. The Morgan fingerprint density at radius 2 is 1.70 bits per heavy atom. The molecule has 0 bridgehead atoms. The minimum atomic E-state index is -1.38. The van der Waals surface area contributed by atoms with Crippen LogP contribution in [-0.4, -0.2) is 17.7 Å². The summed E-state index contributed by atoms with van der Waals surface area (Å²) in [5, 5.41) is 0. The number of hydrogen-bond donors (Lipinski definition) is 0. The fourth-order valence-electron chi connectivity index (χ4n) is 1.85. The highest BCUT2D eigenvalue weighted by Gasteiger charge is 2.27. The highest BCUT2D eigenvalue weighted by molar-refractivity contribution is 9.10. The maximum Gasteiger partial charge on any atom is 0.179 e. The number of hydrogen-bond acceptors (Lipinski definition) is 2. The van der Waals surface area contributed by atoms with E-state index in [4.69, 9.17) is 4.74 Å². The quantitative estimate of drug-likeness (QED) is 0.599. The third kappa shape index (κ3) is 3.25. The maximum atomic E-state index is 14.3. The standard InChI is InChI=1S/C16H14BrFO2/c1-20-13-9-7-12(8-10-13)16(19)14(17)15(18)11-5-3-2-4-6-11/h2-10,14-15H,1H3. The molecule has 2 nitrogen and oxygen atoms in total. The van der Waals surface area contributed by atoms with Crippen LogP contribution >= 0.6 is 15.9 Å². The van der Waals surface area contributed by atoms with Gasteiger partial charge in [0.2, 0.25) is 0 Å². The lowest BCUT2D eigenvalue weighted by Gasteiger charge is -2.14. The van der Waals surface area contributed by atoms with Crippen LogP contribution in [0.4, 0.5) is 4.39 Å². The van der Waals surface area contributed by atoms with E-state index in [9.17, 15) is 9.18 Å². The summed E-state index contributed by atoms with van der Waals surface area (Å²) in [5.41, 5.74) is 0.933. The van der Waals surface area contributed by atoms with E-state index in [0.29, 0.717) is 16.9 Å². The Kier molecular flexibility index (Phi) is 4.90. The van der Waals surface area contributed by atoms with Gasteiger partial charge in [-0.25, -0.2) is 4.39 Å². The van der Waals surface area contributed by atoms with Gasteiger partial charge in [0, 0.05) is 5.56 Å². The lowest BCUT2D eigenvalue weighted by Crippen LogP contribution is -2.20. The van der Waals surface area contributed by atoms with E-state index in [1.54, 1.807) is 55.6 Å². The molecule has 2 aromatic rings. The third-order valence-corrected chi connectivity index (χ3v) is 3.88. The normalized spacial score (nSPS) is 13.6. The molecule has 0 N–H and O–H groups in total. The first-order chi connectivity index (χ1) is 9.63. The number of carbonyl (C=O) groups excluding carboxylic acids is 1. The number of methoxy groups -OCH3 is 1. The van der Waals surface area contributed by atoms with Crippen molar-refractivity contribution < 1.29 is 13.9 Å². The predicted molar refractivity (Wildman–Crippen MR) is 80.3 cm³/mol. The second kappa shape index (κ2) is 6.66. The molecular formula is C16H14BrFO2. The van der Waals surface area contributed by atoms with Gasteiger partial charge in [0.1, 0.15) is 16.7 Å². The van der Waals surface area contributed by atoms with Crippen molar-refractivity contribution in [2.45, 2.75) is 11.0 Å². The smallest absolute Gasteiger partial charge is 0.179 e. The predicted octanol–water partition coefficient (Wildman–Crippen LogP) is 4.35. The highest BCUT2D eigenvalue weighted by Crippen LogP contribution is 2.29. The summed E-state index contributed by atoms with van der Waals surface area (Å²) >= 11 is 3.16. The van der Waals surface area contributed by atoms with Gasteiger partial charge in [-0.2, -0.15) is 0 Å². The van der Waals surface area contributed by atoms with E-state index in [1.165, 1.54) is 0 Å². The van der Waals surface area contributed by atoms with Gasteiger partial charge in [0.05, 0.1) is 7.11 Å². The number of ketones is 1. The molecule has 104 valence electrons. The van der Waals surface area contributed by atoms with E-state index in [0.717, 1.165) is 0 Å². The van der Waals surface area contributed by atoms with Crippen molar-refractivity contribution in [2.24, 2.45) is 0 Å². The molecule has 0 amide bonds. The first kappa shape index (κ1) is 14.7. The van der Waals surface area contributed by atoms with Crippen LogP contribution in [0.2, 0.25) is 0 Å². The summed E-state index contributed by atoms with van der Waals surface area (Å²) < 4.78 is 19.3. The Bertz CT molecular complexity index is 569. The minimum absolute atomic E-state index is 0.288. The molecule has 20 heavy (non-hydrogen) atoms. The molecule has 0 radical (unpaired) electrons. The molecule has 0 saturated carbocycles. The molecule has 0 aliphatic rings. The second-order valence-electron chi connectivity index (χ2n) is 4.31. The Morgan fingerprint density at radius 3 is 2.25 bits per heavy atom. The van der Waals surface area contributed by atoms with Crippen LogP contribution in [0.15, 0.2) is 54.6 Å². The van der Waals surface area contributed by atoms with Crippen molar-refractivity contribution in [2.75, 3.05) is 7.11 Å². The average molecular weight is 337 g/mol. The van der Waals surface area contributed by atoms with Crippen molar-refractivity contribution in [3.8, 4) is 5.75 Å². The Hall–Kier alpha value is -1.68. The number of rotatable bonds is 5. The number of alkyl halides is 2. The Labute approximate surface area is 125 Å². The first-order valence-electron chi connectivity index (χ1n) is 6.15. The van der Waals surface area contributed by atoms with Crippen LogP contribution in [-0.2, 0) is 0 Å². The van der Waals surface area contributed by atoms with Gasteiger partial charge < -0.3 is 4.74 Å². The molecule has 2 rings (SSSR count). The zero-order chi connectivity index (χ0) is 14.5. The van der Waals surface area contributed by atoms with E-state index in [2.05, 4.69) is 15.9 Å². The summed E-state index contributed by atoms with van der Waals surface area (Å²) in [7, 11) is 1.55.